The summed E-state index contributed by atoms with van der Waals surface area (Å²) in [7, 11) is -6.56. The van der Waals surface area contributed by atoms with Crippen LogP contribution in [0.4, 0.5) is 30.7 Å². The second-order valence-electron chi connectivity index (χ2n) is 6.84. The first-order valence-corrected chi connectivity index (χ1v) is 10.4. The fraction of sp³-hybridized carbons (Fsp3) is 0.750. The van der Waals surface area contributed by atoms with Gasteiger partial charge in [0.2, 0.25) is 0 Å². The standard InChI is InChI=1S/C16H20F7NO8S/c1-10(2)11(25)32-14(15(19,20)21,12(26)24-5-8-30-9-6-24)31-7-3-4-13(17,18)16(22,23)33(27,28)29/h1,3-9H2,2H3,(H,27,28,29). The molecule has 1 fully saturated rings. The van der Waals surface area contributed by atoms with Gasteiger partial charge in [0.05, 0.1) is 19.8 Å². The summed E-state index contributed by atoms with van der Waals surface area (Å²) in [5.41, 5.74) is -0.582. The van der Waals surface area contributed by atoms with Gasteiger partial charge in [0.15, 0.2) is 0 Å². The van der Waals surface area contributed by atoms with Gasteiger partial charge in [-0.2, -0.15) is 39.2 Å². The molecule has 0 bridgehead atoms. The monoisotopic (exact) mass is 519 g/mol. The van der Waals surface area contributed by atoms with Gasteiger partial charge >= 0.3 is 45.1 Å². The van der Waals surface area contributed by atoms with Crippen LogP contribution < -0.4 is 0 Å². The average molecular weight is 519 g/mol. The lowest BCUT2D eigenvalue weighted by Crippen LogP contribution is -2.63. The highest BCUT2D eigenvalue weighted by atomic mass is 32.2. The van der Waals surface area contributed by atoms with Crippen molar-refractivity contribution in [2.75, 3.05) is 32.9 Å². The molecule has 1 saturated heterocycles. The molecule has 1 rings (SSSR count). The predicted molar refractivity (Wildman–Crippen MR) is 93.7 cm³/mol. The molecular formula is C16H20F7NO8S. The summed E-state index contributed by atoms with van der Waals surface area (Å²) in [5.74, 6) is -13.4. The molecule has 1 N–H and O–H groups in total. The number of morpholine rings is 1. The predicted octanol–water partition coefficient (Wildman–Crippen LogP) is 2.14. The molecule has 1 aliphatic rings. The highest BCUT2D eigenvalue weighted by molar-refractivity contribution is 7.87. The summed E-state index contributed by atoms with van der Waals surface area (Å²) in [6.07, 6.45) is -9.20. The number of hydrogen-bond donors (Lipinski definition) is 1. The van der Waals surface area contributed by atoms with E-state index in [1.807, 2.05) is 0 Å². The zero-order valence-corrected chi connectivity index (χ0v) is 17.8. The van der Waals surface area contributed by atoms with E-state index < -0.39 is 70.2 Å². The SMILES string of the molecule is C=C(C)C(=O)OC(OCCCC(F)(F)C(F)(F)S(=O)(=O)O)(C(=O)N1CCOCC1)C(F)(F)F. The minimum atomic E-state index is -6.56. The minimum Gasteiger partial charge on any atom is -0.412 e. The van der Waals surface area contributed by atoms with E-state index in [-0.39, 0.29) is 26.3 Å². The molecule has 192 valence electrons. The second kappa shape index (κ2) is 10.1. The molecule has 9 nitrogen and oxygen atoms in total. The van der Waals surface area contributed by atoms with Crippen LogP contribution in [0.15, 0.2) is 12.2 Å². The van der Waals surface area contributed by atoms with Gasteiger partial charge < -0.3 is 19.1 Å². The molecule has 1 amide bonds. The first-order valence-electron chi connectivity index (χ1n) is 8.99. The molecule has 0 radical (unpaired) electrons. The van der Waals surface area contributed by atoms with Crippen LogP contribution in [0.5, 0.6) is 0 Å². The number of nitrogens with zero attached hydrogens (tertiary/aromatic N) is 1. The Labute approximate surface area is 183 Å². The number of esters is 1. The highest BCUT2D eigenvalue weighted by Crippen LogP contribution is 2.42. The highest BCUT2D eigenvalue weighted by Gasteiger charge is 2.68. The quantitative estimate of drug-likeness (QED) is 0.117. The summed E-state index contributed by atoms with van der Waals surface area (Å²) < 4.78 is 138. The summed E-state index contributed by atoms with van der Waals surface area (Å²) >= 11 is 0. The van der Waals surface area contributed by atoms with Gasteiger partial charge in [-0.05, 0) is 13.3 Å². The van der Waals surface area contributed by atoms with E-state index in [2.05, 4.69) is 16.1 Å². The van der Waals surface area contributed by atoms with E-state index in [0.29, 0.717) is 4.90 Å². The van der Waals surface area contributed by atoms with Crippen molar-refractivity contribution in [3.05, 3.63) is 12.2 Å². The van der Waals surface area contributed by atoms with Gasteiger partial charge in [0.1, 0.15) is 0 Å². The van der Waals surface area contributed by atoms with Crippen LogP contribution in [-0.4, -0.2) is 85.8 Å². The topological polar surface area (TPSA) is 119 Å². The van der Waals surface area contributed by atoms with E-state index in [0.717, 1.165) is 6.92 Å². The fourth-order valence-corrected chi connectivity index (χ4v) is 2.91. The maximum atomic E-state index is 13.9. The number of carbonyl (C=O) groups is 2. The number of ether oxygens (including phenoxy) is 3. The molecule has 17 heteroatoms. The third-order valence-electron chi connectivity index (χ3n) is 4.23. The summed E-state index contributed by atoms with van der Waals surface area (Å²) in [5, 5.41) is -5.95. The Morgan fingerprint density at radius 1 is 1.09 bits per heavy atom. The van der Waals surface area contributed by atoms with E-state index in [1.54, 1.807) is 0 Å². The lowest BCUT2D eigenvalue weighted by molar-refractivity contribution is -0.351. The Bertz CT molecular complexity index is 855. The Balaban J connectivity index is 3.17. The van der Waals surface area contributed by atoms with Crippen molar-refractivity contribution in [1.82, 2.24) is 4.90 Å². The molecule has 1 heterocycles. The van der Waals surface area contributed by atoms with Gasteiger partial charge in [0, 0.05) is 25.1 Å². The second-order valence-corrected chi connectivity index (χ2v) is 8.30. The van der Waals surface area contributed by atoms with Crippen LogP contribution in [-0.2, 0) is 33.9 Å². The van der Waals surface area contributed by atoms with Crippen molar-refractivity contribution in [1.29, 1.82) is 0 Å². The zero-order valence-electron chi connectivity index (χ0n) is 17.0. The van der Waals surface area contributed by atoms with Crippen molar-refractivity contribution >= 4 is 22.0 Å². The lowest BCUT2D eigenvalue weighted by atomic mass is 10.1. The normalized spacial score (nSPS) is 17.9. The van der Waals surface area contributed by atoms with Crippen LogP contribution in [0.3, 0.4) is 0 Å². The molecular weight excluding hydrogens is 499 g/mol. The maximum absolute atomic E-state index is 13.9. The molecule has 0 saturated carbocycles. The number of hydrogen-bond acceptors (Lipinski definition) is 7. The zero-order chi connectivity index (χ0) is 25.9. The third-order valence-corrected chi connectivity index (χ3v) is 5.17. The fourth-order valence-electron chi connectivity index (χ4n) is 2.43. The van der Waals surface area contributed by atoms with Gasteiger partial charge in [-0.25, -0.2) is 4.79 Å². The van der Waals surface area contributed by atoms with Gasteiger partial charge in [-0.15, -0.1) is 0 Å². The van der Waals surface area contributed by atoms with Crippen molar-refractivity contribution < 1.29 is 67.5 Å². The molecule has 0 aromatic heterocycles. The summed E-state index contributed by atoms with van der Waals surface area (Å²) in [4.78, 5) is 25.0. The van der Waals surface area contributed by atoms with Crippen LogP contribution in [0.2, 0.25) is 0 Å². The van der Waals surface area contributed by atoms with Crippen molar-refractivity contribution in [2.45, 2.75) is 42.9 Å². The molecule has 1 unspecified atom stereocenters. The Morgan fingerprint density at radius 2 is 1.61 bits per heavy atom. The lowest BCUT2D eigenvalue weighted by Gasteiger charge is -2.38. The largest absolute Gasteiger partial charge is 0.466 e. The number of carbonyl (C=O) groups excluding carboxylic acids is 2. The molecule has 0 aromatic rings. The number of rotatable bonds is 10. The summed E-state index contributed by atoms with van der Waals surface area (Å²) in [6.45, 7) is 1.41. The Hall–Kier alpha value is -1.98. The Kier molecular flexibility index (Phi) is 8.90. The number of alkyl halides is 7. The third kappa shape index (κ3) is 6.33. The first-order chi connectivity index (χ1) is 14.8. The molecule has 33 heavy (non-hydrogen) atoms. The molecule has 0 spiro atoms. The summed E-state index contributed by atoms with van der Waals surface area (Å²) in [6, 6.07) is 0. The maximum Gasteiger partial charge on any atom is 0.466 e. The van der Waals surface area contributed by atoms with Crippen LogP contribution in [0, 0.1) is 0 Å². The van der Waals surface area contributed by atoms with E-state index in [1.165, 1.54) is 0 Å². The van der Waals surface area contributed by atoms with Crippen LogP contribution in [0.25, 0.3) is 0 Å². The van der Waals surface area contributed by atoms with E-state index >= 15 is 0 Å². The van der Waals surface area contributed by atoms with E-state index in [9.17, 15) is 48.7 Å². The molecule has 1 aliphatic heterocycles. The Morgan fingerprint density at radius 3 is 2.03 bits per heavy atom. The average Bonchev–Trinajstić information content (AvgIpc) is 2.68. The molecule has 1 atom stereocenters. The van der Waals surface area contributed by atoms with Crippen molar-refractivity contribution in [3.8, 4) is 0 Å². The molecule has 0 aliphatic carbocycles. The number of halogens is 7. The van der Waals surface area contributed by atoms with Gasteiger partial charge in [-0.3, -0.25) is 9.35 Å². The van der Waals surface area contributed by atoms with Crippen LogP contribution >= 0.6 is 0 Å². The smallest absolute Gasteiger partial charge is 0.412 e. The van der Waals surface area contributed by atoms with Gasteiger partial charge in [0.25, 0.3) is 0 Å². The molecule has 0 aromatic carbocycles. The van der Waals surface area contributed by atoms with Gasteiger partial charge in [-0.1, -0.05) is 6.58 Å². The van der Waals surface area contributed by atoms with Crippen molar-refractivity contribution in [2.24, 2.45) is 0 Å². The van der Waals surface area contributed by atoms with Crippen molar-refractivity contribution in [3.63, 3.8) is 0 Å². The minimum absolute atomic E-state index is 0.176. The van der Waals surface area contributed by atoms with E-state index in [4.69, 9.17) is 9.29 Å². The first kappa shape index (κ1) is 29.1. The van der Waals surface area contributed by atoms with Crippen LogP contribution in [0.1, 0.15) is 19.8 Å². The number of amides is 1.